The lowest BCUT2D eigenvalue weighted by atomic mass is 9.81. The van der Waals surface area contributed by atoms with Gasteiger partial charge in [0.25, 0.3) is 0 Å². The molecule has 7 nitrogen and oxygen atoms in total. The van der Waals surface area contributed by atoms with E-state index in [2.05, 4.69) is 116 Å². The highest BCUT2D eigenvalue weighted by atomic mass is 19.4. The summed E-state index contributed by atoms with van der Waals surface area (Å²) in [5.74, 6) is -2.87. The molecule has 2 aliphatic heterocycles. The third kappa shape index (κ3) is 8.42. The molecule has 3 N–H and O–H groups in total. The number of hydrogen-bond donors (Lipinski definition) is 2. The van der Waals surface area contributed by atoms with Crippen molar-refractivity contribution in [2.75, 3.05) is 31.6 Å². The number of nitrogens with one attached hydrogen (secondary N) is 1. The molecule has 10 heteroatoms. The SMILES string of the molecule is C[N+]1=C(/C=C/C=C2/N(CCCCCC(=O)NCCCN)c3ccccc3C2(C)C)C(C)(C)c2ccccc21.O=C([O-])C(F)(F)F. The van der Waals surface area contributed by atoms with Gasteiger partial charge in [-0.15, -0.1) is 0 Å². The van der Waals surface area contributed by atoms with Crippen LogP contribution in [0.3, 0.4) is 0 Å². The first-order valence-corrected chi connectivity index (χ1v) is 15.4. The number of carbonyl (C=O) groups is 2. The molecule has 2 aromatic carbocycles. The van der Waals surface area contributed by atoms with Gasteiger partial charge in [0.05, 0.1) is 5.41 Å². The van der Waals surface area contributed by atoms with Gasteiger partial charge in [0.2, 0.25) is 11.6 Å². The van der Waals surface area contributed by atoms with E-state index >= 15 is 0 Å². The molecule has 0 bridgehead atoms. The number of para-hydroxylation sites is 2. The van der Waals surface area contributed by atoms with E-state index in [1.54, 1.807) is 0 Å². The number of fused-ring (bicyclic) bond motifs is 2. The van der Waals surface area contributed by atoms with Crippen LogP contribution in [-0.2, 0) is 20.4 Å². The Labute approximate surface area is 264 Å². The Bertz CT molecular complexity index is 1460. The van der Waals surface area contributed by atoms with Crippen molar-refractivity contribution in [1.29, 1.82) is 0 Å². The van der Waals surface area contributed by atoms with E-state index in [1.165, 1.54) is 33.9 Å². The van der Waals surface area contributed by atoms with E-state index in [-0.39, 0.29) is 16.7 Å². The quantitative estimate of drug-likeness (QED) is 0.262. The second-order valence-corrected chi connectivity index (χ2v) is 12.4. The fourth-order valence-electron chi connectivity index (χ4n) is 6.06. The highest BCUT2D eigenvalue weighted by molar-refractivity contribution is 6.03. The average Bonchev–Trinajstić information content (AvgIpc) is 3.31. The third-order valence-corrected chi connectivity index (χ3v) is 8.47. The van der Waals surface area contributed by atoms with Crippen LogP contribution in [0.5, 0.6) is 0 Å². The standard InChI is InChI=1S/C33H44N4O.C2HF3O2/c1-32(2)25-15-8-10-17-27(25)36(5)29(32)19-13-20-30-33(3,4)26-16-9-11-18-28(26)37(30)24-12-6-7-21-31(38)35-23-14-22-34;3-2(4,5)1(6)7/h8-11,13,15-20H,6-7,12,14,21-24,34H2,1-5H3;(H,6,7). The molecule has 244 valence electrons. The zero-order chi connectivity index (χ0) is 33.4. The molecular weight excluding hydrogens is 581 g/mol. The Morgan fingerprint density at radius 2 is 1.58 bits per heavy atom. The number of carboxylic acids is 1. The zero-order valence-electron chi connectivity index (χ0n) is 26.8. The van der Waals surface area contributed by atoms with Gasteiger partial charge in [-0.2, -0.15) is 17.7 Å². The van der Waals surface area contributed by atoms with Crippen molar-refractivity contribution in [3.05, 3.63) is 83.6 Å². The molecule has 0 unspecified atom stereocenters. The van der Waals surface area contributed by atoms with Crippen molar-refractivity contribution in [1.82, 2.24) is 5.32 Å². The number of nitrogens with zero attached hydrogens (tertiary/aromatic N) is 2. The Morgan fingerprint density at radius 1 is 0.956 bits per heavy atom. The van der Waals surface area contributed by atoms with Crippen LogP contribution in [0.1, 0.15) is 70.9 Å². The summed E-state index contributed by atoms with van der Waals surface area (Å²) in [6.07, 6.45) is 6.04. The molecule has 0 aromatic heterocycles. The number of allylic oxidation sites excluding steroid dienone is 4. The van der Waals surface area contributed by atoms with Gasteiger partial charge < -0.3 is 25.9 Å². The van der Waals surface area contributed by atoms with E-state index in [0.29, 0.717) is 19.5 Å². The minimum Gasteiger partial charge on any atom is -0.542 e. The average molecular weight is 627 g/mol. The first-order valence-electron chi connectivity index (χ1n) is 15.4. The van der Waals surface area contributed by atoms with E-state index in [0.717, 1.165) is 32.2 Å². The van der Waals surface area contributed by atoms with Gasteiger partial charge in [-0.3, -0.25) is 4.79 Å². The number of carboxylic acid groups (broad SMARTS) is 1. The summed E-state index contributed by atoms with van der Waals surface area (Å²) < 4.78 is 33.9. The number of nitrogens with two attached hydrogens (primary N) is 1. The molecular formula is C35H45F3N4O3. The summed E-state index contributed by atoms with van der Waals surface area (Å²) in [4.78, 5) is 23.3. The maximum absolute atomic E-state index is 12.0. The molecule has 0 aliphatic carbocycles. The number of anilines is 1. The molecule has 0 radical (unpaired) electrons. The molecule has 4 rings (SSSR count). The molecule has 0 atom stereocenters. The predicted octanol–water partition coefficient (Wildman–Crippen LogP) is 5.25. The van der Waals surface area contributed by atoms with Crippen LogP contribution in [0.25, 0.3) is 0 Å². The normalized spacial score (nSPS) is 17.3. The lowest BCUT2D eigenvalue weighted by molar-refractivity contribution is -0.401. The van der Waals surface area contributed by atoms with E-state index in [4.69, 9.17) is 15.6 Å². The van der Waals surface area contributed by atoms with Crippen LogP contribution in [-0.4, -0.2) is 55.0 Å². The van der Waals surface area contributed by atoms with Crippen LogP contribution in [0, 0.1) is 0 Å². The van der Waals surface area contributed by atoms with Crippen LogP contribution < -0.4 is 21.1 Å². The third-order valence-electron chi connectivity index (χ3n) is 8.47. The van der Waals surface area contributed by atoms with Crippen LogP contribution in [0.4, 0.5) is 24.5 Å². The number of benzene rings is 2. The molecule has 45 heavy (non-hydrogen) atoms. The number of halogens is 3. The maximum atomic E-state index is 12.0. The Kier molecular flexibility index (Phi) is 11.8. The number of alkyl halides is 3. The summed E-state index contributed by atoms with van der Waals surface area (Å²) in [6, 6.07) is 17.5. The maximum Gasteiger partial charge on any atom is 0.430 e. The molecule has 0 spiro atoms. The number of hydrogen-bond acceptors (Lipinski definition) is 5. The van der Waals surface area contributed by atoms with Gasteiger partial charge in [0.1, 0.15) is 13.0 Å². The summed E-state index contributed by atoms with van der Waals surface area (Å²) >= 11 is 0. The van der Waals surface area contributed by atoms with Crippen molar-refractivity contribution >= 4 is 29.0 Å². The van der Waals surface area contributed by atoms with Crippen molar-refractivity contribution in [2.45, 2.75) is 76.8 Å². The highest BCUT2D eigenvalue weighted by Gasteiger charge is 2.43. The largest absolute Gasteiger partial charge is 0.542 e. The topological polar surface area (TPSA) is 102 Å². The van der Waals surface area contributed by atoms with Crippen molar-refractivity contribution in [3.8, 4) is 0 Å². The van der Waals surface area contributed by atoms with E-state index in [1.807, 2.05) is 0 Å². The van der Waals surface area contributed by atoms with Crippen molar-refractivity contribution < 1.29 is 32.4 Å². The van der Waals surface area contributed by atoms with Crippen LogP contribution in [0.2, 0.25) is 0 Å². The van der Waals surface area contributed by atoms with Gasteiger partial charge in [-0.25, -0.2) is 0 Å². The fraction of sp³-hybridized carbons (Fsp3) is 0.457. The highest BCUT2D eigenvalue weighted by Crippen LogP contribution is 2.47. The molecule has 2 aliphatic rings. The number of amides is 1. The summed E-state index contributed by atoms with van der Waals surface area (Å²) in [5.41, 5.74) is 13.4. The van der Waals surface area contributed by atoms with Crippen molar-refractivity contribution in [2.24, 2.45) is 5.73 Å². The Balaban J connectivity index is 0.000000707. The minimum absolute atomic E-state index is 0.0369. The number of aliphatic carboxylic acids is 1. The van der Waals surface area contributed by atoms with Gasteiger partial charge in [-0.1, -0.05) is 62.7 Å². The second-order valence-electron chi connectivity index (χ2n) is 12.4. The number of unbranched alkanes of at least 4 members (excludes halogenated alkanes) is 2. The van der Waals surface area contributed by atoms with Crippen molar-refractivity contribution in [3.63, 3.8) is 0 Å². The number of carbonyl (C=O) groups excluding carboxylic acids is 2. The summed E-state index contributed by atoms with van der Waals surface area (Å²) in [5, 5.41) is 11.7. The lowest BCUT2D eigenvalue weighted by Gasteiger charge is -2.27. The molecule has 2 heterocycles. The Morgan fingerprint density at radius 3 is 2.20 bits per heavy atom. The minimum atomic E-state index is -5.19. The fourth-order valence-corrected chi connectivity index (χ4v) is 6.06. The molecule has 2 aromatic rings. The first kappa shape index (κ1) is 35.6. The van der Waals surface area contributed by atoms with Crippen LogP contribution >= 0.6 is 0 Å². The first-order chi connectivity index (χ1) is 21.1. The molecule has 1 amide bonds. The van der Waals surface area contributed by atoms with Gasteiger partial charge >= 0.3 is 6.18 Å². The van der Waals surface area contributed by atoms with Gasteiger partial charge in [-0.05, 0) is 57.4 Å². The molecule has 0 saturated carbocycles. The summed E-state index contributed by atoms with van der Waals surface area (Å²) in [6.45, 7) is 11.5. The van der Waals surface area contributed by atoms with Gasteiger partial charge in [0, 0.05) is 54.0 Å². The van der Waals surface area contributed by atoms with E-state index < -0.39 is 12.1 Å². The van der Waals surface area contributed by atoms with E-state index in [9.17, 15) is 18.0 Å². The predicted molar refractivity (Wildman–Crippen MR) is 171 cm³/mol. The zero-order valence-corrected chi connectivity index (χ0v) is 26.8. The second kappa shape index (κ2) is 14.9. The monoisotopic (exact) mass is 626 g/mol. The number of rotatable bonds is 11. The van der Waals surface area contributed by atoms with Gasteiger partial charge in [0.15, 0.2) is 5.71 Å². The Hall–Kier alpha value is -3.92. The molecule has 0 fully saturated rings. The lowest BCUT2D eigenvalue weighted by Crippen LogP contribution is -2.37. The summed E-state index contributed by atoms with van der Waals surface area (Å²) in [7, 11) is 2.17. The molecule has 0 saturated heterocycles. The van der Waals surface area contributed by atoms with Crippen LogP contribution in [0.15, 0.2) is 72.5 Å². The smallest absolute Gasteiger partial charge is 0.430 e.